The van der Waals surface area contributed by atoms with E-state index in [0.717, 1.165) is 57.8 Å². The highest BCUT2D eigenvalue weighted by Gasteiger charge is 2.31. The van der Waals surface area contributed by atoms with Gasteiger partial charge in [0, 0.05) is 19.3 Å². The predicted octanol–water partition coefficient (Wildman–Crippen LogP) is 9.57. The molecule has 0 saturated carbocycles. The number of unbranched alkanes of at least 4 members (excludes halogenated alkanes) is 5. The van der Waals surface area contributed by atoms with Gasteiger partial charge in [0.05, 0.1) is 34.4 Å². The lowest BCUT2D eigenvalue weighted by Crippen LogP contribution is -2.50. The van der Waals surface area contributed by atoms with Gasteiger partial charge in [0.25, 0.3) is 0 Å². The molecule has 0 spiro atoms. The zero-order chi connectivity index (χ0) is 37.8. The minimum Gasteiger partial charge on any atom is -0.477 e. The second-order valence-electron chi connectivity index (χ2n) is 13.2. The first kappa shape index (κ1) is 47.2. The third-order valence-electron chi connectivity index (χ3n) is 7.61. The SMILES string of the molecule is CC/C=C/C=C/C=C/C=C/C=C/CCCCCC(=O)OCC(COCCC(C(=O)O)[N+](C)(C)C)OC(=O)CCCC/C=C/C/C=C/C/C=C/CC. The number of esters is 2. The number of ether oxygens (including phenoxy) is 3. The van der Waals surface area contributed by atoms with Crippen LogP contribution in [0.25, 0.3) is 0 Å². The first-order valence-electron chi connectivity index (χ1n) is 18.8. The number of carboxylic acids is 1. The molecule has 0 aromatic rings. The second kappa shape index (κ2) is 33.4. The number of quaternary nitrogens is 1. The van der Waals surface area contributed by atoms with Crippen LogP contribution in [0.4, 0.5) is 0 Å². The van der Waals surface area contributed by atoms with Gasteiger partial charge in [-0.15, -0.1) is 0 Å². The van der Waals surface area contributed by atoms with Crippen molar-refractivity contribution in [3.63, 3.8) is 0 Å². The molecule has 0 aliphatic heterocycles. The Labute approximate surface area is 309 Å². The molecular weight excluding hydrogens is 642 g/mol. The lowest BCUT2D eigenvalue weighted by Gasteiger charge is -2.31. The zero-order valence-electron chi connectivity index (χ0n) is 32.3. The summed E-state index contributed by atoms with van der Waals surface area (Å²) in [4.78, 5) is 36.8. The van der Waals surface area contributed by atoms with Crippen LogP contribution in [0.3, 0.4) is 0 Å². The quantitative estimate of drug-likeness (QED) is 0.0252. The molecule has 0 heterocycles. The molecule has 0 saturated heterocycles. The van der Waals surface area contributed by atoms with Gasteiger partial charge in [-0.2, -0.15) is 0 Å². The minimum absolute atomic E-state index is 0.0244. The van der Waals surface area contributed by atoms with Crippen molar-refractivity contribution in [3.05, 3.63) is 97.2 Å². The van der Waals surface area contributed by atoms with Gasteiger partial charge < -0.3 is 23.8 Å². The van der Waals surface area contributed by atoms with Gasteiger partial charge in [-0.25, -0.2) is 4.79 Å². The Bertz CT molecular complexity index is 1150. The number of rotatable bonds is 31. The number of carboxylic acid groups (broad SMARTS) is 1. The summed E-state index contributed by atoms with van der Waals surface area (Å²) in [7, 11) is 5.47. The topological polar surface area (TPSA) is 99.1 Å². The standard InChI is InChI=1S/C43H67NO7/c1-6-8-10-12-14-16-18-20-21-22-24-25-27-29-31-33-41(45)50-38-39(37-49-36-35-40(43(47)48)44(3,4)5)51-42(46)34-32-30-28-26-23-19-17-15-13-11-9-7-2/h8-12,14-18,20-24,26,39-40H,6-7,13,19,25,27-38H2,1-5H3/p+1/b10-8+,11-9+,14-12+,17-15+,18-16+,21-20+,24-22+,26-23+. The fourth-order valence-electron chi connectivity index (χ4n) is 4.71. The van der Waals surface area contributed by atoms with Crippen LogP contribution in [0.2, 0.25) is 0 Å². The monoisotopic (exact) mass is 710 g/mol. The van der Waals surface area contributed by atoms with Crippen molar-refractivity contribution in [2.45, 2.75) is 116 Å². The Morgan fingerprint density at radius 1 is 0.608 bits per heavy atom. The molecule has 0 rings (SSSR count). The smallest absolute Gasteiger partial charge is 0.362 e. The van der Waals surface area contributed by atoms with E-state index in [9.17, 15) is 19.5 Å². The van der Waals surface area contributed by atoms with Crippen LogP contribution in [0.1, 0.15) is 104 Å². The van der Waals surface area contributed by atoms with Gasteiger partial charge in [-0.3, -0.25) is 9.59 Å². The van der Waals surface area contributed by atoms with E-state index in [1.54, 1.807) is 0 Å². The number of carbonyl (C=O) groups excluding carboxylic acids is 2. The molecule has 0 amide bonds. The maximum Gasteiger partial charge on any atom is 0.362 e. The van der Waals surface area contributed by atoms with Gasteiger partial charge in [0.1, 0.15) is 6.61 Å². The van der Waals surface area contributed by atoms with Gasteiger partial charge in [0.2, 0.25) is 0 Å². The van der Waals surface area contributed by atoms with Crippen LogP contribution >= 0.6 is 0 Å². The Kier molecular flexibility index (Phi) is 30.9. The molecule has 8 nitrogen and oxygen atoms in total. The normalized spacial score (nSPS) is 14.1. The molecule has 286 valence electrons. The van der Waals surface area contributed by atoms with E-state index in [1.807, 2.05) is 69.8 Å². The summed E-state index contributed by atoms with van der Waals surface area (Å²) in [6.07, 6.45) is 43.2. The summed E-state index contributed by atoms with van der Waals surface area (Å²) in [6, 6.07) is -0.633. The molecule has 0 fully saturated rings. The number of aliphatic carboxylic acids is 1. The molecule has 0 aliphatic carbocycles. The van der Waals surface area contributed by atoms with Gasteiger partial charge in [0.15, 0.2) is 12.1 Å². The van der Waals surface area contributed by atoms with Crippen LogP contribution in [-0.2, 0) is 28.6 Å². The molecule has 8 heteroatoms. The van der Waals surface area contributed by atoms with E-state index in [-0.39, 0.29) is 42.7 Å². The number of nitrogens with zero attached hydrogens (tertiary/aromatic N) is 1. The van der Waals surface area contributed by atoms with Crippen LogP contribution in [0.5, 0.6) is 0 Å². The van der Waals surface area contributed by atoms with Crippen molar-refractivity contribution in [2.24, 2.45) is 0 Å². The molecule has 0 aliphatic rings. The van der Waals surface area contributed by atoms with Crippen molar-refractivity contribution in [2.75, 3.05) is 41.0 Å². The number of allylic oxidation sites excluding steroid dienone is 16. The van der Waals surface area contributed by atoms with E-state index >= 15 is 0 Å². The fraction of sp³-hybridized carbons (Fsp3) is 0.558. The van der Waals surface area contributed by atoms with Crippen LogP contribution in [0, 0.1) is 0 Å². The summed E-state index contributed by atoms with van der Waals surface area (Å²) in [5.41, 5.74) is 0. The molecule has 51 heavy (non-hydrogen) atoms. The van der Waals surface area contributed by atoms with Crippen molar-refractivity contribution >= 4 is 17.9 Å². The van der Waals surface area contributed by atoms with Gasteiger partial charge in [-0.1, -0.05) is 117 Å². The van der Waals surface area contributed by atoms with Crippen LogP contribution in [-0.4, -0.2) is 80.6 Å². The predicted molar refractivity (Wildman–Crippen MR) is 210 cm³/mol. The Morgan fingerprint density at radius 2 is 1.14 bits per heavy atom. The van der Waals surface area contributed by atoms with Gasteiger partial charge >= 0.3 is 17.9 Å². The maximum absolute atomic E-state index is 12.6. The van der Waals surface area contributed by atoms with E-state index in [4.69, 9.17) is 14.2 Å². The molecule has 0 aromatic heterocycles. The summed E-state index contributed by atoms with van der Waals surface area (Å²) < 4.78 is 17.1. The molecule has 0 bridgehead atoms. The average Bonchev–Trinajstić information content (AvgIpc) is 3.08. The third kappa shape index (κ3) is 31.9. The largest absolute Gasteiger partial charge is 0.477 e. The Hall–Kier alpha value is -3.75. The van der Waals surface area contributed by atoms with E-state index in [2.05, 4.69) is 62.5 Å². The maximum atomic E-state index is 12.6. The van der Waals surface area contributed by atoms with Crippen LogP contribution in [0.15, 0.2) is 97.2 Å². The first-order chi connectivity index (χ1) is 24.6. The Morgan fingerprint density at radius 3 is 1.76 bits per heavy atom. The summed E-state index contributed by atoms with van der Waals surface area (Å²) in [5, 5.41) is 9.58. The summed E-state index contributed by atoms with van der Waals surface area (Å²) in [5.74, 6) is -1.60. The van der Waals surface area contributed by atoms with Crippen molar-refractivity contribution in [1.82, 2.24) is 0 Å². The van der Waals surface area contributed by atoms with Crippen molar-refractivity contribution in [3.8, 4) is 0 Å². The highest BCUT2D eigenvalue weighted by molar-refractivity contribution is 5.72. The van der Waals surface area contributed by atoms with Gasteiger partial charge in [-0.05, 0) is 64.2 Å². The average molecular weight is 711 g/mol. The third-order valence-corrected chi connectivity index (χ3v) is 7.61. The lowest BCUT2D eigenvalue weighted by molar-refractivity contribution is -0.887. The van der Waals surface area contributed by atoms with E-state index in [1.165, 1.54) is 0 Å². The molecule has 2 atom stereocenters. The molecule has 0 aromatic carbocycles. The minimum atomic E-state index is -0.894. The van der Waals surface area contributed by atoms with Crippen molar-refractivity contribution in [1.29, 1.82) is 0 Å². The highest BCUT2D eigenvalue weighted by atomic mass is 16.6. The number of likely N-dealkylation sites (N-methyl/N-ethyl adjacent to an activating group) is 1. The molecule has 1 N–H and O–H groups in total. The van der Waals surface area contributed by atoms with Crippen molar-refractivity contribution < 1.29 is 38.2 Å². The first-order valence-corrected chi connectivity index (χ1v) is 18.8. The second-order valence-corrected chi connectivity index (χ2v) is 13.2. The number of carbonyl (C=O) groups is 3. The Balaban J connectivity index is 4.60. The summed E-state index contributed by atoms with van der Waals surface area (Å²) >= 11 is 0. The number of hydrogen-bond acceptors (Lipinski definition) is 6. The summed E-state index contributed by atoms with van der Waals surface area (Å²) in [6.45, 7) is 4.34. The fourth-order valence-corrected chi connectivity index (χ4v) is 4.71. The molecular formula is C43H68NO7+. The van der Waals surface area contributed by atoms with E-state index < -0.39 is 18.1 Å². The number of hydrogen-bond donors (Lipinski definition) is 1. The van der Waals surface area contributed by atoms with E-state index in [0.29, 0.717) is 25.7 Å². The highest BCUT2D eigenvalue weighted by Crippen LogP contribution is 2.11. The lowest BCUT2D eigenvalue weighted by atomic mass is 10.1. The van der Waals surface area contributed by atoms with Crippen LogP contribution < -0.4 is 0 Å². The molecule has 0 radical (unpaired) electrons. The molecule has 2 unspecified atom stereocenters. The zero-order valence-corrected chi connectivity index (χ0v) is 32.3.